The number of hydrogen-bond donors (Lipinski definition) is 1. The van der Waals surface area contributed by atoms with E-state index >= 15 is 0 Å². The molecule has 3 aromatic heterocycles. The Kier molecular flexibility index (Phi) is 6.63. The molecule has 0 aliphatic carbocycles. The highest BCUT2D eigenvalue weighted by atomic mass is 19.4. The summed E-state index contributed by atoms with van der Waals surface area (Å²) in [6.07, 6.45) is -4.75. The van der Waals surface area contributed by atoms with E-state index in [1.54, 1.807) is 56.6 Å². The molecule has 1 amide bonds. The Hall–Kier alpha value is -4.98. The second-order valence-corrected chi connectivity index (χ2v) is 9.45. The second-order valence-electron chi connectivity index (χ2n) is 9.45. The monoisotopic (exact) mass is 544 g/mol. The number of hydrogen-bond acceptors (Lipinski definition) is 6. The number of anilines is 1. The van der Waals surface area contributed by atoms with Crippen molar-refractivity contribution in [2.24, 2.45) is 0 Å². The van der Waals surface area contributed by atoms with Crippen LogP contribution in [-0.2, 0) is 12.7 Å². The van der Waals surface area contributed by atoms with Gasteiger partial charge in [-0.2, -0.15) is 23.5 Å². The summed E-state index contributed by atoms with van der Waals surface area (Å²) < 4.78 is 48.1. The van der Waals surface area contributed by atoms with Crippen LogP contribution in [0.25, 0.3) is 22.0 Å². The summed E-state index contributed by atoms with van der Waals surface area (Å²) in [5.41, 5.74) is 3.60. The van der Waals surface area contributed by atoms with Crippen LogP contribution in [0.1, 0.15) is 50.0 Å². The lowest BCUT2D eigenvalue weighted by molar-refractivity contribution is -0.140. The Morgan fingerprint density at radius 1 is 1.05 bits per heavy atom. The molecule has 11 heteroatoms. The van der Waals surface area contributed by atoms with Gasteiger partial charge in [-0.05, 0) is 69.2 Å². The third-order valence-corrected chi connectivity index (χ3v) is 6.70. The van der Waals surface area contributed by atoms with Gasteiger partial charge in [-0.1, -0.05) is 23.4 Å². The molecule has 40 heavy (non-hydrogen) atoms. The molecule has 1 N–H and O–H groups in total. The fourth-order valence-corrected chi connectivity index (χ4v) is 4.68. The summed E-state index contributed by atoms with van der Waals surface area (Å²) in [6.45, 7) is 7.35. The highest BCUT2D eigenvalue weighted by Crippen LogP contribution is 2.35. The number of nitrogens with zero attached hydrogens (tertiary/aromatic N) is 5. The number of carbonyl (C=O) groups is 1. The zero-order valence-electron chi connectivity index (χ0n) is 22.0. The van der Waals surface area contributed by atoms with Crippen molar-refractivity contribution in [3.05, 3.63) is 93.8 Å². The van der Waals surface area contributed by atoms with E-state index in [-0.39, 0.29) is 16.5 Å². The van der Waals surface area contributed by atoms with Crippen LogP contribution in [0, 0.1) is 39.0 Å². The third-order valence-electron chi connectivity index (χ3n) is 6.70. The Bertz CT molecular complexity index is 1790. The number of nitrogens with one attached hydrogen (secondary N) is 1. The number of amides is 1. The van der Waals surface area contributed by atoms with Crippen LogP contribution in [0.5, 0.6) is 0 Å². The molecule has 0 aliphatic rings. The molecule has 0 spiro atoms. The number of rotatable bonds is 5. The SMILES string of the molecule is Cc1nn(Cc2ccc(C#N)cc2)c(C)c1NC(=O)c1cc(C(F)(F)F)nc2ccc(-c3c(C)noc3C)cc12. The lowest BCUT2D eigenvalue weighted by Gasteiger charge is -2.13. The quantitative estimate of drug-likeness (QED) is 0.270. The van der Waals surface area contributed by atoms with Crippen LogP contribution < -0.4 is 5.32 Å². The van der Waals surface area contributed by atoms with Crippen LogP contribution in [0.2, 0.25) is 0 Å². The minimum absolute atomic E-state index is 0.0282. The molecule has 0 aliphatic heterocycles. The molecule has 5 aromatic rings. The van der Waals surface area contributed by atoms with E-state index in [0.717, 1.165) is 11.6 Å². The number of halogens is 3. The van der Waals surface area contributed by atoms with Crippen molar-refractivity contribution in [2.75, 3.05) is 5.32 Å². The van der Waals surface area contributed by atoms with Crippen molar-refractivity contribution in [2.45, 2.75) is 40.4 Å². The fourth-order valence-electron chi connectivity index (χ4n) is 4.68. The van der Waals surface area contributed by atoms with Crippen LogP contribution in [0.15, 0.2) is 53.1 Å². The first-order valence-electron chi connectivity index (χ1n) is 12.3. The molecule has 0 saturated carbocycles. The molecule has 0 bridgehead atoms. The van der Waals surface area contributed by atoms with Crippen LogP contribution in [0.4, 0.5) is 18.9 Å². The van der Waals surface area contributed by atoms with Gasteiger partial charge >= 0.3 is 6.18 Å². The maximum atomic E-state index is 13.7. The van der Waals surface area contributed by atoms with Crippen molar-refractivity contribution in [3.8, 4) is 17.2 Å². The van der Waals surface area contributed by atoms with Gasteiger partial charge < -0.3 is 9.84 Å². The molecule has 0 fully saturated rings. The standard InChI is InChI=1S/C29H23F3N6O2/c1-15-26(18(4)40-37-15)21-9-10-24-22(11-21)23(12-25(34-24)29(30,31)32)28(39)35-27-16(2)36-38(17(27)3)14-20-7-5-19(13-33)6-8-20/h5-12H,14H2,1-4H3,(H,35,39). The number of aryl methyl sites for hydroxylation is 3. The largest absolute Gasteiger partial charge is 0.433 e. The summed E-state index contributed by atoms with van der Waals surface area (Å²) >= 11 is 0. The zero-order valence-corrected chi connectivity index (χ0v) is 22.0. The number of fused-ring (bicyclic) bond motifs is 1. The van der Waals surface area contributed by atoms with Gasteiger partial charge in [-0.15, -0.1) is 0 Å². The molecule has 5 rings (SSSR count). The lowest BCUT2D eigenvalue weighted by Crippen LogP contribution is -2.17. The number of benzene rings is 2. The molecule has 0 atom stereocenters. The van der Waals surface area contributed by atoms with E-state index in [9.17, 15) is 18.0 Å². The van der Waals surface area contributed by atoms with Crippen LogP contribution in [0.3, 0.4) is 0 Å². The fraction of sp³-hybridized carbons (Fsp3) is 0.207. The maximum absolute atomic E-state index is 13.7. The van der Waals surface area contributed by atoms with E-state index in [1.807, 2.05) is 12.1 Å². The first-order valence-corrected chi connectivity index (χ1v) is 12.3. The van der Waals surface area contributed by atoms with Crippen molar-refractivity contribution in [1.29, 1.82) is 5.26 Å². The van der Waals surface area contributed by atoms with E-state index in [2.05, 4.69) is 26.6 Å². The molecular formula is C29H23F3N6O2. The van der Waals surface area contributed by atoms with Gasteiger partial charge in [0, 0.05) is 10.9 Å². The summed E-state index contributed by atoms with van der Waals surface area (Å²) in [5.74, 6) is -0.179. The predicted molar refractivity (Wildman–Crippen MR) is 142 cm³/mol. The zero-order chi connectivity index (χ0) is 28.8. The third kappa shape index (κ3) is 4.91. The molecule has 3 heterocycles. The Labute approximate surface area is 227 Å². The molecule has 202 valence electrons. The Morgan fingerprint density at radius 2 is 1.77 bits per heavy atom. The van der Waals surface area contributed by atoms with Crippen LogP contribution >= 0.6 is 0 Å². The molecule has 8 nitrogen and oxygen atoms in total. The van der Waals surface area contributed by atoms with Gasteiger partial charge in [0.25, 0.3) is 5.91 Å². The predicted octanol–water partition coefficient (Wildman–Crippen LogP) is 6.51. The Balaban J connectivity index is 1.55. The number of pyridine rings is 1. The summed E-state index contributed by atoms with van der Waals surface area (Å²) in [7, 11) is 0. The van der Waals surface area contributed by atoms with Gasteiger partial charge in [0.15, 0.2) is 0 Å². The first kappa shape index (κ1) is 26.6. The van der Waals surface area contributed by atoms with E-state index in [0.29, 0.717) is 51.8 Å². The molecule has 0 unspecified atom stereocenters. The summed E-state index contributed by atoms with van der Waals surface area (Å²) in [6, 6.07) is 14.6. The molecule has 2 aromatic carbocycles. The lowest BCUT2D eigenvalue weighted by atomic mass is 9.98. The highest BCUT2D eigenvalue weighted by molar-refractivity contribution is 6.13. The number of nitriles is 1. The minimum atomic E-state index is -4.75. The van der Waals surface area contributed by atoms with Gasteiger partial charge in [-0.3, -0.25) is 9.48 Å². The number of alkyl halides is 3. The maximum Gasteiger partial charge on any atom is 0.433 e. The highest BCUT2D eigenvalue weighted by Gasteiger charge is 2.34. The van der Waals surface area contributed by atoms with Crippen molar-refractivity contribution >= 4 is 22.5 Å². The smallest absolute Gasteiger partial charge is 0.361 e. The average Bonchev–Trinajstić information content (AvgIpc) is 3.39. The van der Waals surface area contributed by atoms with Crippen molar-refractivity contribution in [1.82, 2.24) is 19.9 Å². The van der Waals surface area contributed by atoms with Crippen molar-refractivity contribution in [3.63, 3.8) is 0 Å². The molecular weight excluding hydrogens is 521 g/mol. The van der Waals surface area contributed by atoms with Crippen LogP contribution in [-0.4, -0.2) is 25.8 Å². The van der Waals surface area contributed by atoms with Gasteiger partial charge in [0.05, 0.1) is 52.0 Å². The van der Waals surface area contributed by atoms with Gasteiger partial charge in [0.2, 0.25) is 0 Å². The number of aromatic nitrogens is 4. The second kappa shape index (κ2) is 9.96. The average molecular weight is 545 g/mol. The van der Waals surface area contributed by atoms with E-state index < -0.39 is 17.8 Å². The van der Waals surface area contributed by atoms with Gasteiger partial charge in [0.1, 0.15) is 11.5 Å². The van der Waals surface area contributed by atoms with E-state index in [4.69, 9.17) is 9.78 Å². The van der Waals surface area contributed by atoms with Gasteiger partial charge in [-0.25, -0.2) is 4.98 Å². The van der Waals surface area contributed by atoms with E-state index in [1.165, 1.54) is 6.07 Å². The normalized spacial score (nSPS) is 11.6. The first-order chi connectivity index (χ1) is 19.0. The van der Waals surface area contributed by atoms with Crippen molar-refractivity contribution < 1.29 is 22.5 Å². The topological polar surface area (TPSA) is 110 Å². The summed E-state index contributed by atoms with van der Waals surface area (Å²) in [4.78, 5) is 17.4. The summed E-state index contributed by atoms with van der Waals surface area (Å²) in [5, 5.41) is 20.5. The molecule has 0 saturated heterocycles. The molecule has 0 radical (unpaired) electrons. The Morgan fingerprint density at radius 3 is 2.40 bits per heavy atom. The minimum Gasteiger partial charge on any atom is -0.361 e. The number of carbonyl (C=O) groups excluding carboxylic acids is 1.